The van der Waals surface area contributed by atoms with Crippen molar-refractivity contribution in [2.75, 3.05) is 95.0 Å². The van der Waals surface area contributed by atoms with Crippen molar-refractivity contribution in [3.63, 3.8) is 0 Å². The molecule has 1 atom stereocenters. The molecule has 0 spiro atoms. The van der Waals surface area contributed by atoms with Crippen molar-refractivity contribution in [3.8, 4) is 11.8 Å². The summed E-state index contributed by atoms with van der Waals surface area (Å²) >= 11 is 0. The van der Waals surface area contributed by atoms with Crippen LogP contribution in [-0.2, 0) is 67.2 Å². The van der Waals surface area contributed by atoms with Crippen LogP contribution in [0.25, 0.3) is 21.9 Å². The number of aryl methyl sites for hydroxylation is 1. The molecule has 7 rings (SSSR count). The maximum Gasteiger partial charge on any atom is 0.407 e. The number of alkyl carbamates (subject to hydrolysis) is 1. The van der Waals surface area contributed by atoms with Crippen molar-refractivity contribution in [1.82, 2.24) is 36.0 Å². The molecule has 0 fully saturated rings. The molecule has 3 heterocycles. The average molecular weight is 1170 g/mol. The highest BCUT2D eigenvalue weighted by molar-refractivity contribution is 6.06. The summed E-state index contributed by atoms with van der Waals surface area (Å²) in [6.45, 7) is 9.13. The van der Waals surface area contributed by atoms with Gasteiger partial charge in [-0.15, -0.1) is 0 Å². The highest BCUT2D eigenvalue weighted by atomic mass is 16.7. The largest absolute Gasteiger partial charge is 0.445 e. The third-order valence-corrected chi connectivity index (χ3v) is 13.6. The first-order valence-corrected chi connectivity index (χ1v) is 29.0. The minimum atomic E-state index is -0.873. The Morgan fingerprint density at radius 1 is 0.659 bits per heavy atom. The zero-order valence-corrected chi connectivity index (χ0v) is 48.7. The molecule has 0 bridgehead atoms. The van der Waals surface area contributed by atoms with Crippen molar-refractivity contribution in [1.29, 1.82) is 0 Å². The van der Waals surface area contributed by atoms with Gasteiger partial charge in [0.05, 0.1) is 77.1 Å². The van der Waals surface area contributed by atoms with Crippen LogP contribution in [0.2, 0.25) is 0 Å². The monoisotopic (exact) mass is 1170 g/mol. The van der Waals surface area contributed by atoms with Gasteiger partial charge in [0, 0.05) is 61.0 Å². The number of nitrogens with zero attached hydrogens (tertiary/aromatic N) is 4. The molecule has 0 radical (unpaired) electrons. The summed E-state index contributed by atoms with van der Waals surface area (Å²) in [5.41, 5.74) is 13.0. The van der Waals surface area contributed by atoms with Gasteiger partial charge in [0.15, 0.2) is 5.82 Å². The summed E-state index contributed by atoms with van der Waals surface area (Å²) in [7, 11) is 0. The van der Waals surface area contributed by atoms with E-state index < -0.39 is 23.9 Å². The van der Waals surface area contributed by atoms with Crippen LogP contribution in [0.15, 0.2) is 97.1 Å². The van der Waals surface area contributed by atoms with Crippen LogP contribution in [-0.4, -0.2) is 135 Å². The number of hydrogen-bond acceptors (Lipinski definition) is 15. The first-order valence-electron chi connectivity index (χ1n) is 29.0. The number of fused-ring (bicyclic) bond motifs is 5. The van der Waals surface area contributed by atoms with E-state index in [1.807, 2.05) is 72.8 Å². The fourth-order valence-electron chi connectivity index (χ4n) is 9.02. The molecule has 1 aliphatic heterocycles. The first-order chi connectivity index (χ1) is 41.4. The standard InChI is InChI=1S/C63H78N10O12/c1-4-5-20-53-70-59-60(50-17-9-10-18-51(50)69-61(59)64)73(53)85-32-13-12-30-66-63(79)84-43-45-21-25-49(26-22-45)68-56(76)41-67-62(78)58(44(2)3)71-55(75)29-33-80-35-37-82-39-40-83-38-36-81-34-31-65-54(74)27-28-57(77)72-42-48-16-7-6-14-46(48)23-24-47-15-8-11-19-52(47)72/h6-11,14-19,21-22,25-26,44,58H,4-5,12-13,20,27-43H2,1-3H3,(H2,64,69)(H,65,74)(H,66,79)(H,67,78)(H,68,76)(H,71,75). The molecule has 1 aliphatic rings. The number of carbonyl (C=O) groups is 6. The normalized spacial score (nSPS) is 12.0. The summed E-state index contributed by atoms with van der Waals surface area (Å²) in [6.07, 6.45) is 3.57. The summed E-state index contributed by atoms with van der Waals surface area (Å²) < 4.78 is 29.3. The van der Waals surface area contributed by atoms with Crippen LogP contribution in [0.5, 0.6) is 0 Å². The zero-order chi connectivity index (χ0) is 60.2. The molecular formula is C63H78N10O12. The summed E-state index contributed by atoms with van der Waals surface area (Å²) in [5.74, 6) is 5.54. The SMILES string of the molecule is CCCCc1nc2c(N)nc3ccccc3c2n1OCCCCNC(=O)OCc1ccc(NC(=O)CNC(=O)C(NC(=O)CCOCCOCCOCCOCCNC(=O)CCC(=O)N2Cc3ccccc3C#Cc3ccccc32)C(C)C)cc1. The number of amides is 6. The Hall–Kier alpha value is -8.62. The van der Waals surface area contributed by atoms with Gasteiger partial charge in [-0.05, 0) is 72.7 Å². The quantitative estimate of drug-likeness (QED) is 0.0193. The molecule has 6 aromatic rings. The molecule has 0 aliphatic carbocycles. The summed E-state index contributed by atoms with van der Waals surface area (Å²) in [6, 6.07) is 28.9. The Morgan fingerprint density at radius 2 is 1.34 bits per heavy atom. The third-order valence-electron chi connectivity index (χ3n) is 13.6. The number of aromatic nitrogens is 3. The van der Waals surface area contributed by atoms with E-state index in [0.717, 1.165) is 63.9 Å². The van der Waals surface area contributed by atoms with Gasteiger partial charge in [-0.2, -0.15) is 4.73 Å². The van der Waals surface area contributed by atoms with Crippen molar-refractivity contribution in [3.05, 3.63) is 125 Å². The molecule has 22 heteroatoms. The molecule has 2 aromatic heterocycles. The second kappa shape index (κ2) is 34.2. The van der Waals surface area contributed by atoms with Crippen LogP contribution >= 0.6 is 0 Å². The van der Waals surface area contributed by atoms with Gasteiger partial charge in [-0.3, -0.25) is 24.0 Å². The third kappa shape index (κ3) is 20.3. The van der Waals surface area contributed by atoms with E-state index in [1.54, 1.807) is 47.7 Å². The Labute approximate surface area is 495 Å². The van der Waals surface area contributed by atoms with Gasteiger partial charge >= 0.3 is 6.09 Å². The van der Waals surface area contributed by atoms with Crippen LogP contribution in [0.1, 0.15) is 93.8 Å². The van der Waals surface area contributed by atoms with Gasteiger partial charge in [-0.25, -0.2) is 14.8 Å². The number of benzene rings is 4. The summed E-state index contributed by atoms with van der Waals surface area (Å²) in [4.78, 5) is 94.1. The zero-order valence-electron chi connectivity index (χ0n) is 48.7. The summed E-state index contributed by atoms with van der Waals surface area (Å²) in [5, 5.41) is 14.5. The molecule has 4 aromatic carbocycles. The number of unbranched alkanes of at least 4 members (excludes halogenated alkanes) is 2. The second-order valence-corrected chi connectivity index (χ2v) is 20.4. The molecular weight excluding hydrogens is 1090 g/mol. The van der Waals surface area contributed by atoms with Crippen LogP contribution in [0.3, 0.4) is 0 Å². The van der Waals surface area contributed by atoms with E-state index in [-0.39, 0.29) is 75.9 Å². The van der Waals surface area contributed by atoms with Crippen molar-refractivity contribution < 1.29 is 57.3 Å². The molecule has 0 saturated heterocycles. The lowest BCUT2D eigenvalue weighted by Gasteiger charge is -2.26. The van der Waals surface area contributed by atoms with Crippen molar-refractivity contribution in [2.24, 2.45) is 5.92 Å². The number of ether oxygens (including phenoxy) is 5. The number of pyridine rings is 1. The van der Waals surface area contributed by atoms with Gasteiger partial charge in [0.2, 0.25) is 29.5 Å². The molecule has 85 heavy (non-hydrogen) atoms. The Kier molecular flexibility index (Phi) is 25.8. The lowest BCUT2D eigenvalue weighted by molar-refractivity contribution is -0.131. The van der Waals surface area contributed by atoms with Gasteiger partial charge < -0.3 is 65.7 Å². The maximum atomic E-state index is 13.4. The smallest absolute Gasteiger partial charge is 0.407 e. The number of imidazole rings is 1. The molecule has 1 unspecified atom stereocenters. The average Bonchev–Trinajstić information content (AvgIpc) is 1.85. The Bertz CT molecular complexity index is 3250. The fraction of sp³-hybridized carbons (Fsp3) is 0.429. The Balaban J connectivity index is 0.658. The molecule has 0 saturated carbocycles. The van der Waals surface area contributed by atoms with E-state index in [0.29, 0.717) is 94.7 Å². The number of nitrogens with two attached hydrogens (primary N) is 1. The minimum Gasteiger partial charge on any atom is -0.445 e. The number of rotatable bonds is 35. The van der Waals surface area contributed by atoms with E-state index in [4.69, 9.17) is 39.2 Å². The second-order valence-electron chi connectivity index (χ2n) is 20.4. The van der Waals surface area contributed by atoms with Crippen molar-refractivity contribution >= 4 is 74.8 Å². The van der Waals surface area contributed by atoms with Crippen LogP contribution in [0, 0.1) is 17.8 Å². The van der Waals surface area contributed by atoms with Crippen molar-refractivity contribution in [2.45, 2.75) is 91.3 Å². The fourth-order valence-corrected chi connectivity index (χ4v) is 9.02. The number of hydrogen-bond donors (Lipinski definition) is 6. The van der Waals surface area contributed by atoms with E-state index in [9.17, 15) is 28.8 Å². The Morgan fingerprint density at radius 3 is 2.09 bits per heavy atom. The minimum absolute atomic E-state index is 0.0183. The van der Waals surface area contributed by atoms with Gasteiger partial charge in [0.25, 0.3) is 0 Å². The maximum absolute atomic E-state index is 13.4. The number of nitrogen functional groups attached to an aromatic ring is 1. The highest BCUT2D eigenvalue weighted by Crippen LogP contribution is 2.29. The number of nitrogens with one attached hydrogen (secondary N) is 5. The lowest BCUT2D eigenvalue weighted by atomic mass is 10.0. The number of para-hydroxylation sites is 2. The first kappa shape index (κ1) is 64.0. The highest BCUT2D eigenvalue weighted by Gasteiger charge is 2.26. The molecule has 6 amide bonds. The van der Waals surface area contributed by atoms with Gasteiger partial charge in [0.1, 0.15) is 36.1 Å². The van der Waals surface area contributed by atoms with Crippen LogP contribution < -0.4 is 42.1 Å². The number of carbonyl (C=O) groups excluding carboxylic acids is 6. The topological polar surface area (TPSA) is 278 Å². The lowest BCUT2D eigenvalue weighted by Crippen LogP contribution is -2.51. The molecule has 22 nitrogen and oxygen atoms in total. The predicted octanol–water partition coefficient (Wildman–Crippen LogP) is 6.14. The van der Waals surface area contributed by atoms with Gasteiger partial charge in [-0.1, -0.05) is 99.7 Å². The molecule has 452 valence electrons. The van der Waals surface area contributed by atoms with E-state index in [2.05, 4.69) is 50.3 Å². The van der Waals surface area contributed by atoms with Crippen LogP contribution in [0.4, 0.5) is 22.0 Å². The van der Waals surface area contributed by atoms with E-state index in [1.165, 1.54) is 0 Å². The van der Waals surface area contributed by atoms with E-state index >= 15 is 0 Å². The predicted molar refractivity (Wildman–Crippen MR) is 322 cm³/mol. The number of anilines is 3. The molecule has 7 N–H and O–H groups in total.